The number of benzene rings is 1. The maximum Gasteiger partial charge on any atom is 0.221 e. The summed E-state index contributed by atoms with van der Waals surface area (Å²) in [6, 6.07) is 8.49. The van der Waals surface area contributed by atoms with Gasteiger partial charge in [0.05, 0.1) is 10.6 Å². The van der Waals surface area contributed by atoms with Crippen LogP contribution < -0.4 is 5.32 Å². The van der Waals surface area contributed by atoms with Crippen molar-refractivity contribution in [2.75, 3.05) is 5.75 Å². The quantitative estimate of drug-likeness (QED) is 0.909. The molecule has 0 heterocycles. The molecular formula is C16H23NO3S. The molecule has 1 N–H and O–H groups in total. The summed E-state index contributed by atoms with van der Waals surface area (Å²) in [5.41, 5.74) is 0. The molecule has 0 aliphatic heterocycles. The molecule has 2 atom stereocenters. The minimum Gasteiger partial charge on any atom is -0.353 e. The van der Waals surface area contributed by atoms with Crippen molar-refractivity contribution in [3.05, 3.63) is 30.3 Å². The zero-order valence-electron chi connectivity index (χ0n) is 12.4. The summed E-state index contributed by atoms with van der Waals surface area (Å²) in [5.74, 6) is 0.186. The average Bonchev–Trinajstić information content (AvgIpc) is 2.49. The molecule has 0 bridgehead atoms. The van der Waals surface area contributed by atoms with Crippen LogP contribution in [0.2, 0.25) is 0 Å². The number of rotatable bonds is 5. The Morgan fingerprint density at radius 2 is 1.86 bits per heavy atom. The largest absolute Gasteiger partial charge is 0.353 e. The van der Waals surface area contributed by atoms with Gasteiger partial charge in [-0.3, -0.25) is 4.79 Å². The van der Waals surface area contributed by atoms with Gasteiger partial charge in [-0.15, -0.1) is 0 Å². The second-order valence-corrected chi connectivity index (χ2v) is 7.93. The second kappa shape index (κ2) is 7.07. The highest BCUT2D eigenvalue weighted by atomic mass is 32.2. The molecular weight excluding hydrogens is 286 g/mol. The van der Waals surface area contributed by atoms with E-state index < -0.39 is 9.84 Å². The molecule has 4 nitrogen and oxygen atoms in total. The van der Waals surface area contributed by atoms with Crippen LogP contribution in [0.1, 0.15) is 39.0 Å². The SMILES string of the molecule is C[C@H]1CCCC[C@@H]1NC(=O)CCS(=O)(=O)c1ccccc1. The Hall–Kier alpha value is -1.36. The zero-order chi connectivity index (χ0) is 15.3. The summed E-state index contributed by atoms with van der Waals surface area (Å²) in [6.45, 7) is 2.14. The van der Waals surface area contributed by atoms with E-state index in [2.05, 4.69) is 12.2 Å². The molecule has 1 fully saturated rings. The van der Waals surface area contributed by atoms with E-state index in [1.165, 1.54) is 6.42 Å². The smallest absolute Gasteiger partial charge is 0.221 e. The van der Waals surface area contributed by atoms with Crippen LogP contribution >= 0.6 is 0 Å². The molecule has 1 aliphatic rings. The van der Waals surface area contributed by atoms with Gasteiger partial charge >= 0.3 is 0 Å². The third-order valence-electron chi connectivity index (χ3n) is 4.16. The van der Waals surface area contributed by atoms with E-state index in [9.17, 15) is 13.2 Å². The molecule has 0 radical (unpaired) electrons. The van der Waals surface area contributed by atoms with Crippen LogP contribution in [0.15, 0.2) is 35.2 Å². The van der Waals surface area contributed by atoms with Crippen molar-refractivity contribution < 1.29 is 13.2 Å². The Balaban J connectivity index is 1.86. The van der Waals surface area contributed by atoms with Gasteiger partial charge in [-0.1, -0.05) is 38.0 Å². The lowest BCUT2D eigenvalue weighted by Gasteiger charge is -2.29. The molecule has 1 aromatic carbocycles. The van der Waals surface area contributed by atoms with Gasteiger partial charge in [-0.05, 0) is 30.9 Å². The summed E-state index contributed by atoms with van der Waals surface area (Å²) < 4.78 is 24.2. The van der Waals surface area contributed by atoms with E-state index in [1.54, 1.807) is 30.3 Å². The summed E-state index contributed by atoms with van der Waals surface area (Å²) in [5, 5.41) is 2.99. The standard InChI is InChI=1S/C16H23NO3S/c1-13-7-5-6-10-15(13)17-16(18)11-12-21(19,20)14-8-3-2-4-9-14/h2-4,8-9,13,15H,5-7,10-12H2,1H3,(H,17,18)/t13-,15-/m0/s1. The fourth-order valence-electron chi connectivity index (χ4n) is 2.78. The number of carbonyl (C=O) groups is 1. The number of carbonyl (C=O) groups excluding carboxylic acids is 1. The molecule has 0 unspecified atom stereocenters. The minimum atomic E-state index is -3.37. The van der Waals surface area contributed by atoms with Crippen LogP contribution in [0.3, 0.4) is 0 Å². The first-order valence-corrected chi connectivity index (χ1v) is 9.21. The predicted molar refractivity (Wildman–Crippen MR) is 82.7 cm³/mol. The highest BCUT2D eigenvalue weighted by Crippen LogP contribution is 2.23. The summed E-state index contributed by atoms with van der Waals surface area (Å²) in [4.78, 5) is 12.2. The lowest BCUT2D eigenvalue weighted by Crippen LogP contribution is -2.41. The molecule has 0 saturated heterocycles. The molecule has 1 aromatic rings. The van der Waals surface area contributed by atoms with Gasteiger partial charge in [0.1, 0.15) is 0 Å². The third kappa shape index (κ3) is 4.56. The first kappa shape index (κ1) is 16.0. The van der Waals surface area contributed by atoms with E-state index in [1.807, 2.05) is 0 Å². The van der Waals surface area contributed by atoms with Crippen molar-refractivity contribution in [2.45, 2.75) is 50.0 Å². The van der Waals surface area contributed by atoms with Gasteiger partial charge in [-0.2, -0.15) is 0 Å². The normalized spacial score (nSPS) is 22.7. The lowest BCUT2D eigenvalue weighted by atomic mass is 9.86. The Labute approximate surface area is 126 Å². The van der Waals surface area contributed by atoms with E-state index in [0.717, 1.165) is 19.3 Å². The van der Waals surface area contributed by atoms with Gasteiger partial charge in [0, 0.05) is 12.5 Å². The average molecular weight is 309 g/mol. The minimum absolute atomic E-state index is 0.0282. The van der Waals surface area contributed by atoms with Crippen molar-refractivity contribution in [3.8, 4) is 0 Å². The van der Waals surface area contributed by atoms with E-state index in [-0.39, 0.29) is 29.0 Å². The van der Waals surface area contributed by atoms with Crippen LogP contribution in [0.5, 0.6) is 0 Å². The van der Waals surface area contributed by atoms with Crippen molar-refractivity contribution in [1.29, 1.82) is 0 Å². The molecule has 2 rings (SSSR count). The Bertz CT molecular complexity index is 568. The van der Waals surface area contributed by atoms with Crippen LogP contribution in [0, 0.1) is 5.92 Å². The van der Waals surface area contributed by atoms with Crippen molar-refractivity contribution in [1.82, 2.24) is 5.32 Å². The Kier molecular flexibility index (Phi) is 5.39. The van der Waals surface area contributed by atoms with Gasteiger partial charge < -0.3 is 5.32 Å². The predicted octanol–water partition coefficient (Wildman–Crippen LogP) is 2.55. The van der Waals surface area contributed by atoms with Crippen LogP contribution in [-0.2, 0) is 14.6 Å². The number of sulfone groups is 1. The highest BCUT2D eigenvalue weighted by molar-refractivity contribution is 7.91. The summed E-state index contributed by atoms with van der Waals surface area (Å²) in [7, 11) is -3.37. The Morgan fingerprint density at radius 1 is 1.19 bits per heavy atom. The summed E-state index contributed by atoms with van der Waals surface area (Å²) in [6.07, 6.45) is 4.51. The van der Waals surface area contributed by atoms with Crippen molar-refractivity contribution in [2.24, 2.45) is 5.92 Å². The number of nitrogens with one attached hydrogen (secondary N) is 1. The molecule has 1 saturated carbocycles. The number of hydrogen-bond acceptors (Lipinski definition) is 3. The lowest BCUT2D eigenvalue weighted by molar-refractivity contribution is -0.122. The summed E-state index contributed by atoms with van der Waals surface area (Å²) >= 11 is 0. The zero-order valence-corrected chi connectivity index (χ0v) is 13.2. The molecule has 116 valence electrons. The molecule has 1 aliphatic carbocycles. The van der Waals surface area contributed by atoms with Crippen molar-refractivity contribution in [3.63, 3.8) is 0 Å². The third-order valence-corrected chi connectivity index (χ3v) is 5.89. The van der Waals surface area contributed by atoms with E-state index in [4.69, 9.17) is 0 Å². The van der Waals surface area contributed by atoms with E-state index >= 15 is 0 Å². The van der Waals surface area contributed by atoms with Crippen LogP contribution in [0.25, 0.3) is 0 Å². The van der Waals surface area contributed by atoms with Gasteiger partial charge in [0.2, 0.25) is 5.91 Å². The molecule has 1 amide bonds. The van der Waals surface area contributed by atoms with Crippen LogP contribution in [-0.4, -0.2) is 26.1 Å². The molecule has 0 spiro atoms. The molecule has 21 heavy (non-hydrogen) atoms. The number of hydrogen-bond donors (Lipinski definition) is 1. The van der Waals surface area contributed by atoms with Gasteiger partial charge in [-0.25, -0.2) is 8.42 Å². The van der Waals surface area contributed by atoms with Crippen LogP contribution in [0.4, 0.5) is 0 Å². The topological polar surface area (TPSA) is 63.2 Å². The molecule has 5 heteroatoms. The van der Waals surface area contributed by atoms with Gasteiger partial charge in [0.25, 0.3) is 0 Å². The van der Waals surface area contributed by atoms with Crippen molar-refractivity contribution >= 4 is 15.7 Å². The van der Waals surface area contributed by atoms with E-state index in [0.29, 0.717) is 5.92 Å². The highest BCUT2D eigenvalue weighted by Gasteiger charge is 2.23. The first-order valence-electron chi connectivity index (χ1n) is 7.56. The maximum absolute atomic E-state index is 12.1. The number of amides is 1. The van der Waals surface area contributed by atoms with Gasteiger partial charge in [0.15, 0.2) is 9.84 Å². The Morgan fingerprint density at radius 3 is 2.52 bits per heavy atom. The second-order valence-electron chi connectivity index (χ2n) is 5.82. The fourth-order valence-corrected chi connectivity index (χ4v) is 4.04. The first-order chi connectivity index (χ1) is 9.99. The maximum atomic E-state index is 12.1. The fraction of sp³-hybridized carbons (Fsp3) is 0.562. The monoisotopic (exact) mass is 309 g/mol. The molecule has 0 aromatic heterocycles.